The highest BCUT2D eigenvalue weighted by Gasteiger charge is 2.39. The van der Waals surface area contributed by atoms with Gasteiger partial charge >= 0.3 is 0 Å². The molecular formula is C20H27N3O. The highest BCUT2D eigenvalue weighted by atomic mass is 16.3. The van der Waals surface area contributed by atoms with Crippen molar-refractivity contribution in [3.05, 3.63) is 30.1 Å². The van der Waals surface area contributed by atoms with E-state index in [1.807, 2.05) is 0 Å². The third-order valence-electron chi connectivity index (χ3n) is 5.96. The summed E-state index contributed by atoms with van der Waals surface area (Å²) in [6.07, 6.45) is 7.08. The highest BCUT2D eigenvalue weighted by Crippen LogP contribution is 2.39. The number of nitrogens with zero attached hydrogens (tertiary/aromatic N) is 3. The van der Waals surface area contributed by atoms with Gasteiger partial charge in [0.15, 0.2) is 0 Å². The Bertz CT molecular complexity index is 732. The Balaban J connectivity index is 1.71. The van der Waals surface area contributed by atoms with Crippen molar-refractivity contribution in [2.45, 2.75) is 58.1 Å². The van der Waals surface area contributed by atoms with Gasteiger partial charge in [-0.1, -0.05) is 18.6 Å². The first kappa shape index (κ1) is 15.8. The molecule has 2 aromatic rings. The second-order valence-corrected chi connectivity index (χ2v) is 7.77. The topological polar surface area (TPSA) is 49.2 Å². The molecule has 0 radical (unpaired) electrons. The summed E-state index contributed by atoms with van der Waals surface area (Å²) in [4.78, 5) is 11.5. The Kier molecular flexibility index (Phi) is 4.17. The molecule has 1 saturated heterocycles. The maximum atomic E-state index is 10.6. The van der Waals surface area contributed by atoms with E-state index in [-0.39, 0.29) is 6.10 Å². The minimum Gasteiger partial charge on any atom is -0.393 e. The van der Waals surface area contributed by atoms with Crippen LogP contribution >= 0.6 is 0 Å². The molecule has 1 aromatic heterocycles. The van der Waals surface area contributed by atoms with Crippen molar-refractivity contribution in [3.63, 3.8) is 0 Å². The van der Waals surface area contributed by atoms with Gasteiger partial charge in [0, 0.05) is 23.9 Å². The molecule has 2 aliphatic rings. The molecule has 0 bridgehead atoms. The molecule has 2 fully saturated rings. The normalized spacial score (nSPS) is 30.9. The minimum atomic E-state index is -0.165. The SMILES string of the molecule is Cc1ccc2ncnc(N3CCC[C@@H]3[C@@H]3C[C@H](C)CC[C@H]3O)c2c1. The second kappa shape index (κ2) is 6.32. The molecule has 0 unspecified atom stereocenters. The van der Waals surface area contributed by atoms with Gasteiger partial charge < -0.3 is 10.0 Å². The van der Waals surface area contributed by atoms with Crippen LogP contribution in [0.15, 0.2) is 24.5 Å². The van der Waals surface area contributed by atoms with Crippen LogP contribution in [0.4, 0.5) is 5.82 Å². The number of anilines is 1. The quantitative estimate of drug-likeness (QED) is 0.914. The predicted octanol–water partition coefficient (Wildman–Crippen LogP) is 3.70. The number of aromatic nitrogens is 2. The molecule has 4 atom stereocenters. The van der Waals surface area contributed by atoms with Crippen LogP contribution in [-0.2, 0) is 0 Å². The van der Waals surface area contributed by atoms with Crippen LogP contribution in [0.3, 0.4) is 0 Å². The number of aryl methyl sites for hydroxylation is 1. The zero-order valence-corrected chi connectivity index (χ0v) is 14.7. The molecule has 24 heavy (non-hydrogen) atoms. The largest absolute Gasteiger partial charge is 0.393 e. The standard InChI is InChI=1S/C20H27N3O/c1-13-5-7-17-15(10-13)20(22-12-21-17)23-9-3-4-18(23)16-11-14(2)6-8-19(16)24/h5,7,10,12,14,16,18-19,24H,3-4,6,8-9,11H2,1-2H3/t14-,16+,18-,19-/m1/s1. The summed E-state index contributed by atoms with van der Waals surface area (Å²) in [6, 6.07) is 6.78. The second-order valence-electron chi connectivity index (χ2n) is 7.77. The number of fused-ring (bicyclic) bond motifs is 1. The third kappa shape index (κ3) is 2.77. The van der Waals surface area contributed by atoms with Crippen molar-refractivity contribution in [1.82, 2.24) is 9.97 Å². The molecule has 2 heterocycles. The molecule has 1 aromatic carbocycles. The Morgan fingerprint density at radius 1 is 1.17 bits per heavy atom. The molecule has 4 rings (SSSR count). The van der Waals surface area contributed by atoms with Crippen molar-refractivity contribution in [1.29, 1.82) is 0 Å². The first-order valence-corrected chi connectivity index (χ1v) is 9.29. The van der Waals surface area contributed by atoms with Crippen LogP contribution in [0.5, 0.6) is 0 Å². The van der Waals surface area contributed by atoms with Gasteiger partial charge in [0.05, 0.1) is 11.6 Å². The highest BCUT2D eigenvalue weighted by molar-refractivity contribution is 5.90. The lowest BCUT2D eigenvalue weighted by Gasteiger charge is -2.40. The maximum Gasteiger partial charge on any atom is 0.140 e. The predicted molar refractivity (Wildman–Crippen MR) is 97.2 cm³/mol. The van der Waals surface area contributed by atoms with Crippen molar-refractivity contribution in [2.75, 3.05) is 11.4 Å². The molecule has 1 aliphatic carbocycles. The summed E-state index contributed by atoms with van der Waals surface area (Å²) in [5.41, 5.74) is 2.24. The number of rotatable bonds is 2. The van der Waals surface area contributed by atoms with Crippen LogP contribution in [0.1, 0.15) is 44.6 Å². The van der Waals surface area contributed by atoms with Crippen LogP contribution in [0, 0.1) is 18.8 Å². The Labute approximate surface area is 143 Å². The smallest absolute Gasteiger partial charge is 0.140 e. The zero-order chi connectivity index (χ0) is 16.7. The van der Waals surface area contributed by atoms with Crippen LogP contribution in [0.2, 0.25) is 0 Å². The minimum absolute atomic E-state index is 0.165. The summed E-state index contributed by atoms with van der Waals surface area (Å²) < 4.78 is 0. The number of aliphatic hydroxyl groups is 1. The van der Waals surface area contributed by atoms with Gasteiger partial charge in [-0.05, 0) is 57.1 Å². The van der Waals surface area contributed by atoms with Gasteiger partial charge in [-0.3, -0.25) is 0 Å². The fourth-order valence-corrected chi connectivity index (χ4v) is 4.71. The average molecular weight is 325 g/mol. The summed E-state index contributed by atoms with van der Waals surface area (Å²) in [6.45, 7) is 5.47. The zero-order valence-electron chi connectivity index (χ0n) is 14.7. The van der Waals surface area contributed by atoms with E-state index in [9.17, 15) is 5.11 Å². The van der Waals surface area contributed by atoms with E-state index >= 15 is 0 Å². The van der Waals surface area contributed by atoms with Gasteiger partial charge in [0.1, 0.15) is 12.1 Å². The Morgan fingerprint density at radius 2 is 2.04 bits per heavy atom. The van der Waals surface area contributed by atoms with Gasteiger partial charge in [0.2, 0.25) is 0 Å². The van der Waals surface area contributed by atoms with E-state index in [2.05, 4.69) is 46.9 Å². The lowest BCUT2D eigenvalue weighted by atomic mass is 9.76. The molecule has 1 N–H and O–H groups in total. The molecule has 1 saturated carbocycles. The number of aliphatic hydroxyl groups excluding tert-OH is 1. The van der Waals surface area contributed by atoms with Crippen molar-refractivity contribution in [3.8, 4) is 0 Å². The van der Waals surface area contributed by atoms with Crippen molar-refractivity contribution < 1.29 is 5.11 Å². The lowest BCUT2D eigenvalue weighted by Crippen LogP contribution is -2.44. The first-order valence-electron chi connectivity index (χ1n) is 9.29. The van der Waals surface area contributed by atoms with E-state index in [1.165, 1.54) is 12.0 Å². The lowest BCUT2D eigenvalue weighted by molar-refractivity contribution is 0.0390. The first-order chi connectivity index (χ1) is 11.6. The van der Waals surface area contributed by atoms with E-state index in [1.54, 1.807) is 6.33 Å². The molecule has 4 heteroatoms. The average Bonchev–Trinajstić information content (AvgIpc) is 3.05. The van der Waals surface area contributed by atoms with E-state index in [4.69, 9.17) is 0 Å². The summed E-state index contributed by atoms with van der Waals surface area (Å²) in [5.74, 6) is 2.13. The molecule has 1 aliphatic heterocycles. The van der Waals surface area contributed by atoms with Gasteiger partial charge in [-0.25, -0.2) is 9.97 Å². The fraction of sp³-hybridized carbons (Fsp3) is 0.600. The fourth-order valence-electron chi connectivity index (χ4n) is 4.71. The molecule has 0 spiro atoms. The summed E-state index contributed by atoms with van der Waals surface area (Å²) in [5, 5.41) is 11.8. The van der Waals surface area contributed by atoms with E-state index in [0.717, 1.165) is 48.9 Å². The molecule has 128 valence electrons. The maximum absolute atomic E-state index is 10.6. The van der Waals surface area contributed by atoms with Crippen molar-refractivity contribution >= 4 is 16.7 Å². The number of hydrogen-bond acceptors (Lipinski definition) is 4. The summed E-state index contributed by atoms with van der Waals surface area (Å²) >= 11 is 0. The van der Waals surface area contributed by atoms with Gasteiger partial charge in [-0.15, -0.1) is 0 Å². The van der Waals surface area contributed by atoms with Crippen LogP contribution in [-0.4, -0.2) is 33.8 Å². The van der Waals surface area contributed by atoms with Gasteiger partial charge in [-0.2, -0.15) is 0 Å². The van der Waals surface area contributed by atoms with Gasteiger partial charge in [0.25, 0.3) is 0 Å². The van der Waals surface area contributed by atoms with E-state index < -0.39 is 0 Å². The van der Waals surface area contributed by atoms with Crippen LogP contribution in [0.25, 0.3) is 10.9 Å². The monoisotopic (exact) mass is 325 g/mol. The van der Waals surface area contributed by atoms with Crippen molar-refractivity contribution in [2.24, 2.45) is 11.8 Å². The number of benzene rings is 1. The Hall–Kier alpha value is -1.68. The summed E-state index contributed by atoms with van der Waals surface area (Å²) in [7, 11) is 0. The molecule has 0 amide bonds. The molecule has 4 nitrogen and oxygen atoms in total. The number of hydrogen-bond donors (Lipinski definition) is 1. The Morgan fingerprint density at radius 3 is 2.92 bits per heavy atom. The van der Waals surface area contributed by atoms with E-state index in [0.29, 0.717) is 17.9 Å². The third-order valence-corrected chi connectivity index (χ3v) is 5.96. The molecular weight excluding hydrogens is 298 g/mol. The van der Waals surface area contributed by atoms with Crippen LogP contribution < -0.4 is 4.90 Å².